The number of ether oxygens (including phenoxy) is 3. The third-order valence-electron chi connectivity index (χ3n) is 3.88. The van der Waals surface area contributed by atoms with Gasteiger partial charge in [0, 0.05) is 21.7 Å². The lowest BCUT2D eigenvalue weighted by Gasteiger charge is -2.08. The van der Waals surface area contributed by atoms with Crippen LogP contribution in [0.3, 0.4) is 0 Å². The van der Waals surface area contributed by atoms with Gasteiger partial charge in [-0.1, -0.05) is 29.3 Å². The highest BCUT2D eigenvalue weighted by atomic mass is 35.5. The third-order valence-corrected chi connectivity index (χ3v) is 4.54. The van der Waals surface area contributed by atoms with Crippen molar-refractivity contribution in [2.24, 2.45) is 0 Å². The molecule has 7 heteroatoms. The van der Waals surface area contributed by atoms with Crippen molar-refractivity contribution in [1.29, 1.82) is 0 Å². The monoisotopic (exact) mass is 406 g/mol. The van der Waals surface area contributed by atoms with Gasteiger partial charge in [0.1, 0.15) is 11.5 Å². The van der Waals surface area contributed by atoms with Gasteiger partial charge in [-0.3, -0.25) is 4.79 Å². The Morgan fingerprint density at radius 2 is 1.93 bits per heavy atom. The van der Waals surface area contributed by atoms with Crippen molar-refractivity contribution in [2.75, 3.05) is 13.2 Å². The highest BCUT2D eigenvalue weighted by Crippen LogP contribution is 2.38. The molecular formula is C20H16Cl2O5. The molecule has 0 unspecified atom stereocenters. The summed E-state index contributed by atoms with van der Waals surface area (Å²) >= 11 is 12.3. The number of carbonyl (C=O) groups is 2. The molecule has 1 heterocycles. The first-order valence-corrected chi connectivity index (χ1v) is 8.97. The summed E-state index contributed by atoms with van der Waals surface area (Å²) in [4.78, 5) is 24.2. The molecule has 2 aromatic carbocycles. The lowest BCUT2D eigenvalue weighted by atomic mass is 10.0. The van der Waals surface area contributed by atoms with Crippen molar-refractivity contribution in [1.82, 2.24) is 0 Å². The number of fused-ring (bicyclic) bond motifs is 1. The zero-order chi connectivity index (χ0) is 19.6. The van der Waals surface area contributed by atoms with Crippen LogP contribution < -0.4 is 9.47 Å². The second-order valence-corrected chi connectivity index (χ2v) is 6.60. The Labute approximate surface area is 166 Å². The fourth-order valence-corrected chi connectivity index (χ4v) is 3.19. The summed E-state index contributed by atoms with van der Waals surface area (Å²) in [5.74, 6) is 0.139. The minimum atomic E-state index is -0.471. The average molecular weight is 407 g/mol. The Balaban J connectivity index is 1.87. The molecule has 3 rings (SSSR count). The van der Waals surface area contributed by atoms with Crippen LogP contribution in [0.5, 0.6) is 11.5 Å². The van der Waals surface area contributed by atoms with Crippen molar-refractivity contribution in [3.63, 3.8) is 0 Å². The molecule has 0 aliphatic carbocycles. The zero-order valence-corrected chi connectivity index (χ0v) is 16.2. The molecule has 27 heavy (non-hydrogen) atoms. The predicted molar refractivity (Wildman–Crippen MR) is 103 cm³/mol. The molecule has 1 aliphatic rings. The Morgan fingerprint density at radius 3 is 2.59 bits per heavy atom. The fraction of sp³-hybridized carbons (Fsp3) is 0.200. The number of ketones is 1. The molecule has 5 nitrogen and oxygen atoms in total. The van der Waals surface area contributed by atoms with Crippen LogP contribution in [0.1, 0.15) is 28.4 Å². The molecule has 0 atom stereocenters. The summed E-state index contributed by atoms with van der Waals surface area (Å²) in [6.45, 7) is 3.54. The SMILES string of the molecule is CCOC(=O)COc1cc(C)c2c(c1)O/C(=C\c1c(Cl)cccc1Cl)C2=O. The lowest BCUT2D eigenvalue weighted by molar-refractivity contribution is -0.145. The van der Waals surface area contributed by atoms with E-state index in [1.165, 1.54) is 6.08 Å². The molecule has 0 fully saturated rings. The molecular weight excluding hydrogens is 391 g/mol. The van der Waals surface area contributed by atoms with E-state index in [4.69, 9.17) is 37.4 Å². The molecule has 0 N–H and O–H groups in total. The summed E-state index contributed by atoms with van der Waals surface area (Å²) in [5.41, 5.74) is 1.62. The van der Waals surface area contributed by atoms with E-state index in [0.717, 1.165) is 0 Å². The summed E-state index contributed by atoms with van der Waals surface area (Å²) in [6.07, 6.45) is 1.52. The maximum absolute atomic E-state index is 12.7. The van der Waals surface area contributed by atoms with Gasteiger partial charge in [0.25, 0.3) is 0 Å². The largest absolute Gasteiger partial charge is 0.482 e. The maximum Gasteiger partial charge on any atom is 0.344 e. The number of Topliss-reactive ketones (excluding diaryl/α,β-unsaturated/α-hetero) is 1. The van der Waals surface area contributed by atoms with Gasteiger partial charge in [-0.15, -0.1) is 0 Å². The van der Waals surface area contributed by atoms with Crippen LogP contribution in [0, 0.1) is 6.92 Å². The fourth-order valence-electron chi connectivity index (χ4n) is 2.69. The number of carbonyl (C=O) groups excluding carboxylic acids is 2. The standard InChI is InChI=1S/C20H16Cl2O5/c1-3-25-18(23)10-26-12-7-11(2)19-16(8-12)27-17(20(19)24)9-13-14(21)5-4-6-15(13)22/h4-9H,3,10H2,1-2H3/b17-9-. The minimum absolute atomic E-state index is 0.116. The molecule has 0 radical (unpaired) electrons. The van der Waals surface area contributed by atoms with Crippen molar-refractivity contribution in [2.45, 2.75) is 13.8 Å². The molecule has 0 saturated carbocycles. The molecule has 1 aliphatic heterocycles. The van der Waals surface area contributed by atoms with Crippen LogP contribution in [0.4, 0.5) is 0 Å². The minimum Gasteiger partial charge on any atom is -0.482 e. The molecule has 0 aromatic heterocycles. The molecule has 0 saturated heterocycles. The molecule has 140 valence electrons. The Hall–Kier alpha value is -2.50. The van der Waals surface area contributed by atoms with Crippen LogP contribution >= 0.6 is 23.2 Å². The highest BCUT2D eigenvalue weighted by molar-refractivity contribution is 6.37. The summed E-state index contributed by atoms with van der Waals surface area (Å²) in [5, 5.41) is 0.829. The van der Waals surface area contributed by atoms with Crippen LogP contribution in [-0.4, -0.2) is 25.0 Å². The van der Waals surface area contributed by atoms with Crippen LogP contribution in [0.25, 0.3) is 6.08 Å². The van der Waals surface area contributed by atoms with E-state index in [1.54, 1.807) is 44.2 Å². The molecule has 2 aromatic rings. The van der Waals surface area contributed by atoms with Crippen molar-refractivity contribution in [3.05, 3.63) is 62.8 Å². The number of allylic oxidation sites excluding steroid dienone is 1. The summed E-state index contributed by atoms with van der Waals surface area (Å²) in [7, 11) is 0. The smallest absolute Gasteiger partial charge is 0.344 e. The lowest BCUT2D eigenvalue weighted by Crippen LogP contribution is -2.14. The maximum atomic E-state index is 12.7. The average Bonchev–Trinajstić information content (AvgIpc) is 2.93. The van der Waals surface area contributed by atoms with Gasteiger partial charge >= 0.3 is 5.97 Å². The quantitative estimate of drug-likeness (QED) is 0.523. The van der Waals surface area contributed by atoms with E-state index in [9.17, 15) is 9.59 Å². The van der Waals surface area contributed by atoms with Crippen molar-refractivity contribution < 1.29 is 23.8 Å². The second-order valence-electron chi connectivity index (χ2n) is 5.78. The van der Waals surface area contributed by atoms with Crippen LogP contribution in [-0.2, 0) is 9.53 Å². The first-order chi connectivity index (χ1) is 12.9. The van der Waals surface area contributed by atoms with Crippen LogP contribution in [0.15, 0.2) is 36.1 Å². The topological polar surface area (TPSA) is 61.8 Å². The van der Waals surface area contributed by atoms with Crippen LogP contribution in [0.2, 0.25) is 10.0 Å². The van der Waals surface area contributed by atoms with Gasteiger partial charge in [0.15, 0.2) is 12.4 Å². The van der Waals surface area contributed by atoms with Crippen molar-refractivity contribution in [3.8, 4) is 11.5 Å². The Bertz CT molecular complexity index is 929. The van der Waals surface area contributed by atoms with E-state index in [0.29, 0.717) is 38.2 Å². The summed E-state index contributed by atoms with van der Waals surface area (Å²) in [6, 6.07) is 8.31. The number of hydrogen-bond acceptors (Lipinski definition) is 5. The molecule has 0 bridgehead atoms. The Kier molecular flexibility index (Phi) is 5.73. The first-order valence-electron chi connectivity index (χ1n) is 8.22. The third kappa shape index (κ3) is 4.10. The number of esters is 1. The van der Waals surface area contributed by atoms with E-state index in [2.05, 4.69) is 0 Å². The molecule has 0 spiro atoms. The van der Waals surface area contributed by atoms with Crippen molar-refractivity contribution >= 4 is 41.0 Å². The summed E-state index contributed by atoms with van der Waals surface area (Å²) < 4.78 is 16.0. The van der Waals surface area contributed by atoms with E-state index in [-0.39, 0.29) is 24.8 Å². The Morgan fingerprint density at radius 1 is 1.22 bits per heavy atom. The number of halogens is 2. The van der Waals surface area contributed by atoms with E-state index >= 15 is 0 Å². The number of rotatable bonds is 5. The zero-order valence-electron chi connectivity index (χ0n) is 14.7. The molecule has 0 amide bonds. The first kappa shape index (κ1) is 19.3. The van der Waals surface area contributed by atoms with Gasteiger partial charge in [-0.25, -0.2) is 4.79 Å². The van der Waals surface area contributed by atoms with Gasteiger partial charge in [0.2, 0.25) is 5.78 Å². The van der Waals surface area contributed by atoms with Gasteiger partial charge < -0.3 is 14.2 Å². The number of aryl methyl sites for hydroxylation is 1. The predicted octanol–water partition coefficient (Wildman–Crippen LogP) is 4.86. The number of benzene rings is 2. The van der Waals surface area contributed by atoms with Gasteiger partial charge in [-0.05, 0) is 43.7 Å². The highest BCUT2D eigenvalue weighted by Gasteiger charge is 2.30. The van der Waals surface area contributed by atoms with Gasteiger partial charge in [0.05, 0.1) is 12.2 Å². The van der Waals surface area contributed by atoms with Gasteiger partial charge in [-0.2, -0.15) is 0 Å². The number of hydrogen-bond donors (Lipinski definition) is 0. The van der Waals surface area contributed by atoms with E-state index < -0.39 is 5.97 Å². The second kappa shape index (κ2) is 8.03. The van der Waals surface area contributed by atoms with E-state index in [1.807, 2.05) is 0 Å². The normalized spacial score (nSPS) is 14.1.